The van der Waals surface area contributed by atoms with Crippen LogP contribution in [0.1, 0.15) is 19.8 Å². The average Bonchev–Trinajstić information content (AvgIpc) is 2.09. The molecule has 0 bridgehead atoms. The number of hydrogen-bond donors (Lipinski definition) is 2. The molecule has 0 saturated carbocycles. The summed E-state index contributed by atoms with van der Waals surface area (Å²) in [6, 6.07) is 0. The van der Waals surface area contributed by atoms with E-state index in [4.69, 9.17) is 9.84 Å². The minimum absolute atomic E-state index is 0.214. The molecule has 2 N–H and O–H groups in total. The molecule has 1 unspecified atom stereocenters. The molecule has 0 aliphatic heterocycles. The fourth-order valence-corrected chi connectivity index (χ4v) is 0.849. The Morgan fingerprint density at radius 2 is 2.23 bits per heavy atom. The Labute approximate surface area is 80.8 Å². The molecule has 0 amide bonds. The quantitative estimate of drug-likeness (QED) is 0.417. The molecule has 0 aromatic carbocycles. The molecular weight excluding hydrogens is 166 g/mol. The fraction of sp³-hybridized carbons (Fsp3) is 0.800. The Kier molecular flexibility index (Phi) is 9.42. The zero-order chi connectivity index (χ0) is 9.94. The van der Waals surface area contributed by atoms with Crippen molar-refractivity contribution in [3.8, 4) is 0 Å². The van der Waals surface area contributed by atoms with Gasteiger partial charge in [0.1, 0.15) is 0 Å². The first kappa shape index (κ1) is 12.6. The Hall–Kier alpha value is -0.380. The SMILES string of the molecule is C=CCCOCCNCCC(C)O. The van der Waals surface area contributed by atoms with Crippen LogP contribution >= 0.6 is 0 Å². The van der Waals surface area contributed by atoms with E-state index in [1.807, 2.05) is 6.08 Å². The summed E-state index contributed by atoms with van der Waals surface area (Å²) in [4.78, 5) is 0. The molecule has 3 heteroatoms. The van der Waals surface area contributed by atoms with Gasteiger partial charge in [-0.15, -0.1) is 6.58 Å². The van der Waals surface area contributed by atoms with Gasteiger partial charge >= 0.3 is 0 Å². The van der Waals surface area contributed by atoms with Crippen molar-refractivity contribution in [2.75, 3.05) is 26.3 Å². The van der Waals surface area contributed by atoms with Gasteiger partial charge in [-0.25, -0.2) is 0 Å². The first-order valence-electron chi connectivity index (χ1n) is 4.84. The predicted molar refractivity (Wildman–Crippen MR) is 54.8 cm³/mol. The minimum Gasteiger partial charge on any atom is -0.393 e. The molecular formula is C10H21NO2. The van der Waals surface area contributed by atoms with Crippen LogP contribution in [0.5, 0.6) is 0 Å². The van der Waals surface area contributed by atoms with E-state index in [9.17, 15) is 0 Å². The van der Waals surface area contributed by atoms with E-state index < -0.39 is 0 Å². The van der Waals surface area contributed by atoms with E-state index in [-0.39, 0.29) is 6.10 Å². The van der Waals surface area contributed by atoms with Crippen LogP contribution < -0.4 is 5.32 Å². The molecule has 0 aliphatic carbocycles. The highest BCUT2D eigenvalue weighted by Gasteiger charge is 1.93. The third kappa shape index (κ3) is 11.6. The normalized spacial score (nSPS) is 12.8. The molecule has 0 fully saturated rings. The van der Waals surface area contributed by atoms with E-state index in [1.165, 1.54) is 0 Å². The van der Waals surface area contributed by atoms with E-state index >= 15 is 0 Å². The van der Waals surface area contributed by atoms with Gasteiger partial charge in [-0.05, 0) is 26.3 Å². The van der Waals surface area contributed by atoms with Crippen molar-refractivity contribution in [3.63, 3.8) is 0 Å². The van der Waals surface area contributed by atoms with E-state index in [1.54, 1.807) is 6.92 Å². The third-order valence-electron chi connectivity index (χ3n) is 1.63. The first-order valence-corrected chi connectivity index (χ1v) is 4.84. The van der Waals surface area contributed by atoms with Crippen molar-refractivity contribution in [3.05, 3.63) is 12.7 Å². The van der Waals surface area contributed by atoms with Gasteiger partial charge in [0.05, 0.1) is 19.3 Å². The molecule has 0 spiro atoms. The zero-order valence-electron chi connectivity index (χ0n) is 8.46. The van der Waals surface area contributed by atoms with Crippen LogP contribution in [0.3, 0.4) is 0 Å². The molecule has 3 nitrogen and oxygen atoms in total. The second kappa shape index (κ2) is 9.71. The molecule has 0 aromatic heterocycles. The molecule has 0 radical (unpaired) electrons. The third-order valence-corrected chi connectivity index (χ3v) is 1.63. The van der Waals surface area contributed by atoms with Gasteiger partial charge in [-0.3, -0.25) is 0 Å². The van der Waals surface area contributed by atoms with Gasteiger partial charge in [0.25, 0.3) is 0 Å². The van der Waals surface area contributed by atoms with Gasteiger partial charge in [0.2, 0.25) is 0 Å². The largest absolute Gasteiger partial charge is 0.393 e. The summed E-state index contributed by atoms with van der Waals surface area (Å²) in [5, 5.41) is 12.1. The number of aliphatic hydroxyl groups is 1. The maximum absolute atomic E-state index is 8.94. The lowest BCUT2D eigenvalue weighted by Crippen LogP contribution is -2.23. The predicted octanol–water partition coefficient (Wildman–Crippen LogP) is 0.940. The van der Waals surface area contributed by atoms with Crippen molar-refractivity contribution >= 4 is 0 Å². The molecule has 0 aliphatic rings. The summed E-state index contributed by atoms with van der Waals surface area (Å²) in [7, 11) is 0. The topological polar surface area (TPSA) is 41.5 Å². The van der Waals surface area contributed by atoms with Gasteiger partial charge in [0, 0.05) is 6.54 Å². The molecule has 0 heterocycles. The highest BCUT2D eigenvalue weighted by Crippen LogP contribution is 1.86. The molecule has 13 heavy (non-hydrogen) atoms. The van der Waals surface area contributed by atoms with Crippen molar-refractivity contribution in [1.82, 2.24) is 5.32 Å². The Morgan fingerprint density at radius 1 is 1.46 bits per heavy atom. The standard InChI is InChI=1S/C10H21NO2/c1-3-4-8-13-9-7-11-6-5-10(2)12/h3,10-12H,1,4-9H2,2H3. The van der Waals surface area contributed by atoms with Gasteiger partial charge in [-0.1, -0.05) is 6.08 Å². The van der Waals surface area contributed by atoms with Crippen molar-refractivity contribution in [2.24, 2.45) is 0 Å². The summed E-state index contributed by atoms with van der Waals surface area (Å²) in [6.45, 7) is 8.58. The highest BCUT2D eigenvalue weighted by molar-refractivity contribution is 4.64. The van der Waals surface area contributed by atoms with Crippen LogP contribution in [0.2, 0.25) is 0 Å². The highest BCUT2D eigenvalue weighted by atomic mass is 16.5. The van der Waals surface area contributed by atoms with Gasteiger partial charge in [-0.2, -0.15) is 0 Å². The molecule has 0 aromatic rings. The molecule has 1 atom stereocenters. The summed E-state index contributed by atoms with van der Waals surface area (Å²) < 4.78 is 5.28. The molecule has 0 saturated heterocycles. The second-order valence-corrected chi connectivity index (χ2v) is 3.08. The van der Waals surface area contributed by atoms with E-state index in [0.29, 0.717) is 0 Å². The zero-order valence-corrected chi connectivity index (χ0v) is 8.46. The first-order chi connectivity index (χ1) is 6.27. The number of ether oxygens (including phenoxy) is 1. The Bertz CT molecular complexity index is 115. The van der Waals surface area contributed by atoms with E-state index in [0.717, 1.165) is 39.1 Å². The summed E-state index contributed by atoms with van der Waals surface area (Å²) in [5.41, 5.74) is 0. The average molecular weight is 187 g/mol. The second-order valence-electron chi connectivity index (χ2n) is 3.08. The van der Waals surface area contributed by atoms with E-state index in [2.05, 4.69) is 11.9 Å². The lowest BCUT2D eigenvalue weighted by Gasteiger charge is -2.06. The Morgan fingerprint density at radius 3 is 2.85 bits per heavy atom. The summed E-state index contributed by atoms with van der Waals surface area (Å²) in [5.74, 6) is 0. The summed E-state index contributed by atoms with van der Waals surface area (Å²) in [6.07, 6.45) is 3.34. The van der Waals surface area contributed by atoms with Crippen LogP contribution in [0.4, 0.5) is 0 Å². The van der Waals surface area contributed by atoms with Crippen LogP contribution in [0, 0.1) is 0 Å². The van der Waals surface area contributed by atoms with Crippen LogP contribution in [-0.2, 0) is 4.74 Å². The van der Waals surface area contributed by atoms with Crippen LogP contribution in [-0.4, -0.2) is 37.5 Å². The number of hydrogen-bond acceptors (Lipinski definition) is 3. The number of rotatable bonds is 9. The minimum atomic E-state index is -0.214. The van der Waals surface area contributed by atoms with Crippen molar-refractivity contribution in [2.45, 2.75) is 25.9 Å². The van der Waals surface area contributed by atoms with Crippen molar-refractivity contribution < 1.29 is 9.84 Å². The van der Waals surface area contributed by atoms with Gasteiger partial charge in [0.15, 0.2) is 0 Å². The van der Waals surface area contributed by atoms with Crippen molar-refractivity contribution in [1.29, 1.82) is 0 Å². The summed E-state index contributed by atoms with van der Waals surface area (Å²) >= 11 is 0. The Balaban J connectivity index is 2.87. The van der Waals surface area contributed by atoms with Crippen LogP contribution in [0.15, 0.2) is 12.7 Å². The van der Waals surface area contributed by atoms with Gasteiger partial charge < -0.3 is 15.2 Å². The lowest BCUT2D eigenvalue weighted by molar-refractivity contribution is 0.138. The maximum atomic E-state index is 8.94. The number of aliphatic hydroxyl groups excluding tert-OH is 1. The molecule has 0 rings (SSSR count). The smallest absolute Gasteiger partial charge is 0.0591 e. The molecule has 78 valence electrons. The monoisotopic (exact) mass is 187 g/mol. The lowest BCUT2D eigenvalue weighted by atomic mass is 10.3. The van der Waals surface area contributed by atoms with Crippen LogP contribution in [0.25, 0.3) is 0 Å². The number of nitrogens with one attached hydrogen (secondary N) is 1. The maximum Gasteiger partial charge on any atom is 0.0591 e. The fourth-order valence-electron chi connectivity index (χ4n) is 0.849.